The Morgan fingerprint density at radius 1 is 1.18 bits per heavy atom. The zero-order valence-electron chi connectivity index (χ0n) is 12.3. The smallest absolute Gasteiger partial charge is 0.266 e. The van der Waals surface area contributed by atoms with Crippen LogP contribution in [0.25, 0.3) is 6.08 Å². The van der Waals surface area contributed by atoms with Crippen molar-refractivity contribution in [2.45, 2.75) is 25.7 Å². The highest BCUT2D eigenvalue weighted by atomic mass is 32.1. The van der Waals surface area contributed by atoms with Crippen LogP contribution in [0.15, 0.2) is 47.6 Å². The average Bonchev–Trinajstić information content (AvgIpc) is 2.99. The Kier molecular flexibility index (Phi) is 4.81. The number of nitrogens with one attached hydrogen (secondary N) is 1. The molecule has 4 heteroatoms. The number of hydrazone groups is 1. The van der Waals surface area contributed by atoms with Crippen LogP contribution in [0.5, 0.6) is 0 Å². The summed E-state index contributed by atoms with van der Waals surface area (Å²) >= 11 is 1.60. The zero-order valence-corrected chi connectivity index (χ0v) is 13.1. The van der Waals surface area contributed by atoms with Crippen molar-refractivity contribution in [2.75, 3.05) is 0 Å². The summed E-state index contributed by atoms with van der Waals surface area (Å²) in [6, 6.07) is 12.0. The minimum absolute atomic E-state index is 0.122. The van der Waals surface area contributed by atoms with Crippen LogP contribution in [0.2, 0.25) is 0 Å². The molecule has 0 fully saturated rings. The van der Waals surface area contributed by atoms with Gasteiger partial charge in [0.05, 0.1) is 4.88 Å². The average molecular weight is 310 g/mol. The monoisotopic (exact) mass is 310 g/mol. The first-order valence-corrected chi connectivity index (χ1v) is 8.31. The Morgan fingerprint density at radius 2 is 2.00 bits per heavy atom. The van der Waals surface area contributed by atoms with Gasteiger partial charge in [-0.15, -0.1) is 11.3 Å². The molecule has 0 aliphatic heterocycles. The van der Waals surface area contributed by atoms with E-state index < -0.39 is 0 Å². The van der Waals surface area contributed by atoms with E-state index in [9.17, 15) is 4.79 Å². The summed E-state index contributed by atoms with van der Waals surface area (Å²) in [6.07, 6.45) is 10.0. The second-order valence-electron chi connectivity index (χ2n) is 5.26. The molecule has 1 N–H and O–H groups in total. The van der Waals surface area contributed by atoms with Gasteiger partial charge in [-0.1, -0.05) is 36.4 Å². The number of thiophene rings is 1. The molecule has 1 heterocycles. The third-order valence-electron chi connectivity index (χ3n) is 3.64. The Bertz CT molecular complexity index is 678. The number of nitrogens with zero attached hydrogens (tertiary/aromatic N) is 1. The minimum Gasteiger partial charge on any atom is -0.266 e. The molecule has 0 spiro atoms. The number of hydrogen-bond donors (Lipinski definition) is 1. The van der Waals surface area contributed by atoms with E-state index in [-0.39, 0.29) is 5.91 Å². The number of allylic oxidation sites excluding steroid dienone is 1. The van der Waals surface area contributed by atoms with Gasteiger partial charge in [-0.3, -0.25) is 4.79 Å². The maximum Gasteiger partial charge on any atom is 0.281 e. The molecule has 1 aromatic carbocycles. The normalized spacial score (nSPS) is 14.4. The van der Waals surface area contributed by atoms with Gasteiger partial charge in [0.1, 0.15) is 0 Å². The summed E-state index contributed by atoms with van der Waals surface area (Å²) in [6.45, 7) is 0. The van der Waals surface area contributed by atoms with E-state index in [0.29, 0.717) is 0 Å². The molecule has 112 valence electrons. The van der Waals surface area contributed by atoms with Crippen LogP contribution in [0.3, 0.4) is 0 Å². The first kappa shape index (κ1) is 14.7. The van der Waals surface area contributed by atoms with Crippen LogP contribution in [0.4, 0.5) is 0 Å². The van der Waals surface area contributed by atoms with Crippen molar-refractivity contribution < 1.29 is 4.79 Å². The lowest BCUT2D eigenvalue weighted by Crippen LogP contribution is -2.15. The molecule has 3 rings (SSSR count). The summed E-state index contributed by atoms with van der Waals surface area (Å²) in [5, 5.41) is 3.96. The van der Waals surface area contributed by atoms with Crippen LogP contribution in [0, 0.1) is 0 Å². The molecule has 2 aromatic rings. The van der Waals surface area contributed by atoms with E-state index in [2.05, 4.69) is 10.5 Å². The Labute approximate surface area is 134 Å². The van der Waals surface area contributed by atoms with Crippen LogP contribution >= 0.6 is 11.3 Å². The fourth-order valence-corrected chi connectivity index (χ4v) is 3.66. The van der Waals surface area contributed by atoms with Crippen molar-refractivity contribution in [1.82, 2.24) is 5.43 Å². The fourth-order valence-electron chi connectivity index (χ4n) is 2.51. The van der Waals surface area contributed by atoms with Crippen molar-refractivity contribution in [1.29, 1.82) is 0 Å². The molecule has 0 bridgehead atoms. The molecule has 1 aliphatic rings. The van der Waals surface area contributed by atoms with Crippen molar-refractivity contribution in [3.05, 3.63) is 63.4 Å². The quantitative estimate of drug-likeness (QED) is 0.671. The summed E-state index contributed by atoms with van der Waals surface area (Å²) in [5.74, 6) is -0.122. The highest BCUT2D eigenvalue weighted by Crippen LogP contribution is 2.29. The number of aryl methyl sites for hydroxylation is 2. The summed E-state index contributed by atoms with van der Waals surface area (Å²) < 4.78 is 0. The van der Waals surface area contributed by atoms with Gasteiger partial charge in [0.25, 0.3) is 5.91 Å². The second kappa shape index (κ2) is 7.18. The summed E-state index contributed by atoms with van der Waals surface area (Å²) in [7, 11) is 0. The molecule has 1 amide bonds. The van der Waals surface area contributed by atoms with Gasteiger partial charge >= 0.3 is 0 Å². The Morgan fingerprint density at radius 3 is 2.82 bits per heavy atom. The number of carbonyl (C=O) groups excluding carboxylic acids is 1. The van der Waals surface area contributed by atoms with E-state index in [0.717, 1.165) is 23.3 Å². The lowest BCUT2D eigenvalue weighted by atomic mass is 9.99. The lowest BCUT2D eigenvalue weighted by Gasteiger charge is -2.08. The molecule has 0 atom stereocenters. The number of carbonyl (C=O) groups is 1. The standard InChI is InChI=1S/C18H18N2OS/c21-18(17-13-15-10-4-5-11-16(15)22-17)20-19-12-6-9-14-7-2-1-3-8-14/h1-3,6-9,12-13H,4-5,10-11H2,(H,20,21). The molecular weight excluding hydrogens is 292 g/mol. The fraction of sp³-hybridized carbons (Fsp3) is 0.222. The van der Waals surface area contributed by atoms with Crippen LogP contribution < -0.4 is 5.43 Å². The molecule has 0 unspecified atom stereocenters. The van der Waals surface area contributed by atoms with Gasteiger partial charge < -0.3 is 0 Å². The molecule has 0 saturated carbocycles. The third-order valence-corrected chi connectivity index (χ3v) is 4.87. The van der Waals surface area contributed by atoms with Crippen LogP contribution in [-0.2, 0) is 12.8 Å². The first-order chi connectivity index (χ1) is 10.8. The molecular formula is C18H18N2OS. The van der Waals surface area contributed by atoms with Gasteiger partial charge in [-0.05, 0) is 49.0 Å². The highest BCUT2D eigenvalue weighted by molar-refractivity contribution is 7.14. The maximum atomic E-state index is 12.1. The van der Waals surface area contributed by atoms with E-state index in [1.807, 2.05) is 48.6 Å². The lowest BCUT2D eigenvalue weighted by molar-refractivity contribution is 0.0959. The maximum absolute atomic E-state index is 12.1. The second-order valence-corrected chi connectivity index (χ2v) is 6.39. The number of fused-ring (bicyclic) bond motifs is 1. The van der Waals surface area contributed by atoms with Crippen molar-refractivity contribution >= 4 is 29.5 Å². The third kappa shape index (κ3) is 3.71. The number of amides is 1. The van der Waals surface area contributed by atoms with E-state index in [1.54, 1.807) is 17.6 Å². The van der Waals surface area contributed by atoms with Crippen molar-refractivity contribution in [2.24, 2.45) is 5.10 Å². The SMILES string of the molecule is O=C(NN=CC=Cc1ccccc1)c1cc2c(s1)CCCC2. The molecule has 0 saturated heterocycles. The van der Waals surface area contributed by atoms with Crippen molar-refractivity contribution in [3.8, 4) is 0 Å². The molecule has 3 nitrogen and oxygen atoms in total. The summed E-state index contributed by atoms with van der Waals surface area (Å²) in [5.41, 5.74) is 5.03. The van der Waals surface area contributed by atoms with Crippen LogP contribution in [0.1, 0.15) is 38.5 Å². The van der Waals surface area contributed by atoms with Gasteiger partial charge in [-0.25, -0.2) is 5.43 Å². The topological polar surface area (TPSA) is 41.5 Å². The largest absolute Gasteiger partial charge is 0.281 e. The summed E-state index contributed by atoms with van der Waals surface area (Å²) in [4.78, 5) is 14.2. The van der Waals surface area contributed by atoms with E-state index >= 15 is 0 Å². The predicted octanol–water partition coefficient (Wildman–Crippen LogP) is 4.06. The first-order valence-electron chi connectivity index (χ1n) is 7.49. The number of hydrogen-bond acceptors (Lipinski definition) is 3. The predicted molar refractivity (Wildman–Crippen MR) is 92.4 cm³/mol. The highest BCUT2D eigenvalue weighted by Gasteiger charge is 2.16. The van der Waals surface area contributed by atoms with Gasteiger partial charge in [0.15, 0.2) is 0 Å². The Hall–Kier alpha value is -2.20. The molecule has 1 aromatic heterocycles. The Balaban J connectivity index is 1.55. The number of benzene rings is 1. The van der Waals surface area contributed by atoms with Gasteiger partial charge in [-0.2, -0.15) is 5.10 Å². The minimum atomic E-state index is -0.122. The van der Waals surface area contributed by atoms with Gasteiger partial charge in [0.2, 0.25) is 0 Å². The number of rotatable bonds is 4. The zero-order chi connectivity index (χ0) is 15.2. The van der Waals surface area contributed by atoms with Gasteiger partial charge in [0, 0.05) is 11.1 Å². The molecule has 0 radical (unpaired) electrons. The van der Waals surface area contributed by atoms with E-state index in [1.165, 1.54) is 23.3 Å². The molecule has 22 heavy (non-hydrogen) atoms. The molecule has 1 aliphatic carbocycles. The van der Waals surface area contributed by atoms with Crippen LogP contribution in [-0.4, -0.2) is 12.1 Å². The van der Waals surface area contributed by atoms with Crippen molar-refractivity contribution in [3.63, 3.8) is 0 Å². The van der Waals surface area contributed by atoms with E-state index in [4.69, 9.17) is 0 Å².